The van der Waals surface area contributed by atoms with Crippen LogP contribution >= 0.6 is 15.9 Å². The van der Waals surface area contributed by atoms with Crippen LogP contribution in [-0.4, -0.2) is 16.4 Å². The lowest BCUT2D eigenvalue weighted by Gasteiger charge is -2.05. The highest BCUT2D eigenvalue weighted by atomic mass is 79.9. The summed E-state index contributed by atoms with van der Waals surface area (Å²) >= 11 is 3.49. The van der Waals surface area contributed by atoms with Crippen LogP contribution in [0.2, 0.25) is 0 Å². The second-order valence-corrected chi connectivity index (χ2v) is 4.59. The Labute approximate surface area is 97.6 Å². The number of nitrogens with one attached hydrogen (secondary N) is 1. The lowest BCUT2D eigenvalue weighted by molar-refractivity contribution is 0.769. The van der Waals surface area contributed by atoms with E-state index in [-0.39, 0.29) is 0 Å². The van der Waals surface area contributed by atoms with E-state index >= 15 is 0 Å². The van der Waals surface area contributed by atoms with E-state index in [0.717, 1.165) is 21.6 Å². The molecule has 2 aromatic rings. The highest BCUT2D eigenvalue weighted by Gasteiger charge is 2.11. The third-order valence-corrected chi connectivity index (χ3v) is 3.01. The lowest BCUT2D eigenvalue weighted by atomic mass is 10.2. The van der Waals surface area contributed by atoms with Gasteiger partial charge >= 0.3 is 0 Å². The van der Waals surface area contributed by atoms with Crippen LogP contribution in [0.15, 0.2) is 22.9 Å². The molecule has 2 aromatic heterocycles. The van der Waals surface area contributed by atoms with Crippen LogP contribution in [0.3, 0.4) is 0 Å². The lowest BCUT2D eigenvalue weighted by Crippen LogP contribution is -1.97. The molecular formula is C11H14BrN3. The molecule has 4 heteroatoms. The van der Waals surface area contributed by atoms with Gasteiger partial charge in [-0.25, -0.2) is 4.98 Å². The quantitative estimate of drug-likeness (QED) is 0.905. The number of anilines is 1. The molecule has 0 spiro atoms. The molecule has 0 unspecified atom stereocenters. The van der Waals surface area contributed by atoms with E-state index in [2.05, 4.69) is 50.5 Å². The van der Waals surface area contributed by atoms with E-state index < -0.39 is 0 Å². The smallest absolute Gasteiger partial charge is 0.132 e. The molecule has 0 aliphatic heterocycles. The fourth-order valence-electron chi connectivity index (χ4n) is 1.63. The Morgan fingerprint density at radius 1 is 1.47 bits per heavy atom. The number of nitrogens with zero attached hydrogens (tertiary/aromatic N) is 2. The molecule has 0 bridgehead atoms. The van der Waals surface area contributed by atoms with Gasteiger partial charge in [-0.05, 0) is 28.1 Å². The Bertz CT molecular complexity index is 488. The first kappa shape index (κ1) is 10.5. The number of fused-ring (bicyclic) bond motifs is 1. The van der Waals surface area contributed by atoms with Crippen LogP contribution in [0, 0.1) is 0 Å². The molecule has 0 fully saturated rings. The predicted molar refractivity (Wildman–Crippen MR) is 66.5 cm³/mol. The molecule has 0 radical (unpaired) electrons. The Morgan fingerprint density at radius 3 is 2.80 bits per heavy atom. The van der Waals surface area contributed by atoms with E-state index in [1.54, 1.807) is 0 Å². The predicted octanol–water partition coefficient (Wildman–Crippen LogP) is 3.26. The molecular weight excluding hydrogens is 254 g/mol. The van der Waals surface area contributed by atoms with Crippen molar-refractivity contribution in [2.45, 2.75) is 19.8 Å². The monoisotopic (exact) mass is 267 g/mol. The maximum absolute atomic E-state index is 4.52. The van der Waals surface area contributed by atoms with E-state index in [1.807, 2.05) is 19.3 Å². The van der Waals surface area contributed by atoms with Crippen molar-refractivity contribution in [3.05, 3.63) is 28.8 Å². The van der Waals surface area contributed by atoms with Gasteiger partial charge < -0.3 is 9.72 Å². The Morgan fingerprint density at radius 2 is 2.20 bits per heavy atom. The molecule has 0 atom stereocenters. The summed E-state index contributed by atoms with van der Waals surface area (Å²) in [4.78, 5) is 4.52. The first-order chi connectivity index (χ1) is 7.13. The van der Waals surface area contributed by atoms with Gasteiger partial charge in [-0.15, -0.1) is 0 Å². The van der Waals surface area contributed by atoms with Crippen molar-refractivity contribution in [2.75, 3.05) is 12.4 Å². The van der Waals surface area contributed by atoms with Crippen LogP contribution in [0.1, 0.15) is 25.6 Å². The van der Waals surface area contributed by atoms with Crippen LogP contribution < -0.4 is 5.32 Å². The van der Waals surface area contributed by atoms with Gasteiger partial charge in [-0.2, -0.15) is 0 Å². The summed E-state index contributed by atoms with van der Waals surface area (Å²) in [5.41, 5.74) is 2.20. The number of pyridine rings is 1. The SMILES string of the molecule is CNc1ccn2c(C(C)C)nc(Br)c2c1. The molecule has 0 aromatic carbocycles. The summed E-state index contributed by atoms with van der Waals surface area (Å²) in [7, 11) is 1.92. The number of rotatable bonds is 2. The van der Waals surface area contributed by atoms with Crippen molar-refractivity contribution in [2.24, 2.45) is 0 Å². The fourth-order valence-corrected chi connectivity index (χ4v) is 2.12. The topological polar surface area (TPSA) is 29.3 Å². The molecule has 0 amide bonds. The van der Waals surface area contributed by atoms with Gasteiger partial charge in [0.15, 0.2) is 0 Å². The van der Waals surface area contributed by atoms with E-state index in [1.165, 1.54) is 0 Å². The van der Waals surface area contributed by atoms with Crippen LogP contribution in [0.25, 0.3) is 5.52 Å². The fraction of sp³-hybridized carbons (Fsp3) is 0.364. The summed E-state index contributed by atoms with van der Waals surface area (Å²) in [5, 5.41) is 3.12. The van der Waals surface area contributed by atoms with Gasteiger partial charge in [0.05, 0.1) is 5.52 Å². The van der Waals surface area contributed by atoms with E-state index in [4.69, 9.17) is 0 Å². The summed E-state index contributed by atoms with van der Waals surface area (Å²) in [5.74, 6) is 1.50. The molecule has 0 aliphatic carbocycles. The first-order valence-corrected chi connectivity index (χ1v) is 5.78. The van der Waals surface area contributed by atoms with Crippen LogP contribution in [-0.2, 0) is 0 Å². The highest BCUT2D eigenvalue weighted by Crippen LogP contribution is 2.25. The summed E-state index contributed by atoms with van der Waals surface area (Å²) in [6, 6.07) is 4.13. The molecule has 80 valence electrons. The molecule has 2 heterocycles. The van der Waals surface area contributed by atoms with Crippen LogP contribution in [0.4, 0.5) is 5.69 Å². The molecule has 0 saturated carbocycles. The van der Waals surface area contributed by atoms with Gasteiger partial charge in [0.1, 0.15) is 10.4 Å². The zero-order valence-corrected chi connectivity index (χ0v) is 10.7. The normalized spacial score (nSPS) is 11.3. The maximum Gasteiger partial charge on any atom is 0.132 e. The van der Waals surface area contributed by atoms with Crippen LogP contribution in [0.5, 0.6) is 0 Å². The number of hydrogen-bond donors (Lipinski definition) is 1. The first-order valence-electron chi connectivity index (χ1n) is 4.98. The molecule has 0 saturated heterocycles. The number of halogens is 1. The Kier molecular flexibility index (Phi) is 2.69. The number of hydrogen-bond acceptors (Lipinski definition) is 2. The minimum absolute atomic E-state index is 0.421. The summed E-state index contributed by atoms with van der Waals surface area (Å²) in [6.45, 7) is 4.29. The maximum atomic E-state index is 4.52. The third kappa shape index (κ3) is 1.74. The largest absolute Gasteiger partial charge is 0.388 e. The van der Waals surface area contributed by atoms with E-state index in [0.29, 0.717) is 5.92 Å². The number of imidazole rings is 1. The highest BCUT2D eigenvalue weighted by molar-refractivity contribution is 9.10. The zero-order valence-electron chi connectivity index (χ0n) is 9.08. The third-order valence-electron chi connectivity index (χ3n) is 2.43. The van der Waals surface area contributed by atoms with Gasteiger partial charge in [-0.3, -0.25) is 0 Å². The molecule has 2 rings (SSSR count). The standard InChI is InChI=1S/C11H14BrN3/c1-7(2)11-14-10(12)9-6-8(13-3)4-5-15(9)11/h4-7,13H,1-3H3. The molecule has 0 aliphatic rings. The molecule has 15 heavy (non-hydrogen) atoms. The molecule has 1 N–H and O–H groups in total. The molecule has 3 nitrogen and oxygen atoms in total. The Balaban J connectivity index is 2.69. The van der Waals surface area contributed by atoms with Crippen molar-refractivity contribution in [1.29, 1.82) is 0 Å². The van der Waals surface area contributed by atoms with Gasteiger partial charge in [0.2, 0.25) is 0 Å². The minimum Gasteiger partial charge on any atom is -0.388 e. The summed E-state index contributed by atoms with van der Waals surface area (Å²) < 4.78 is 3.03. The Hall–Kier alpha value is -1.03. The van der Waals surface area contributed by atoms with E-state index in [9.17, 15) is 0 Å². The van der Waals surface area contributed by atoms with Crippen molar-refractivity contribution < 1.29 is 0 Å². The van der Waals surface area contributed by atoms with Crippen molar-refractivity contribution in [3.63, 3.8) is 0 Å². The van der Waals surface area contributed by atoms with Gasteiger partial charge in [0, 0.05) is 24.8 Å². The second-order valence-electron chi connectivity index (χ2n) is 3.84. The number of aromatic nitrogens is 2. The van der Waals surface area contributed by atoms with Crippen molar-refractivity contribution in [1.82, 2.24) is 9.38 Å². The van der Waals surface area contributed by atoms with Gasteiger partial charge in [-0.1, -0.05) is 13.8 Å². The minimum atomic E-state index is 0.421. The van der Waals surface area contributed by atoms with Gasteiger partial charge in [0.25, 0.3) is 0 Å². The van der Waals surface area contributed by atoms with Crippen molar-refractivity contribution >= 4 is 27.1 Å². The second kappa shape index (κ2) is 3.85. The summed E-state index contributed by atoms with van der Waals surface area (Å²) in [6.07, 6.45) is 2.05. The zero-order chi connectivity index (χ0) is 11.0. The average molecular weight is 268 g/mol. The average Bonchev–Trinajstić information content (AvgIpc) is 2.56. The van der Waals surface area contributed by atoms with Crippen molar-refractivity contribution in [3.8, 4) is 0 Å².